The van der Waals surface area contributed by atoms with Crippen LogP contribution < -0.4 is 10.9 Å². The van der Waals surface area contributed by atoms with Crippen molar-refractivity contribution in [2.24, 2.45) is 5.92 Å². The summed E-state index contributed by atoms with van der Waals surface area (Å²) in [5.41, 5.74) is 0.417. The minimum Gasteiger partial charge on any atom is -0.463 e. The quantitative estimate of drug-likeness (QED) is 0.883. The van der Waals surface area contributed by atoms with Gasteiger partial charge in [-0.15, -0.1) is 0 Å². The van der Waals surface area contributed by atoms with Crippen LogP contribution in [0.1, 0.15) is 38.5 Å². The lowest BCUT2D eigenvalue weighted by Gasteiger charge is -2.20. The van der Waals surface area contributed by atoms with E-state index in [0.29, 0.717) is 36.9 Å². The third-order valence-corrected chi connectivity index (χ3v) is 4.48. The van der Waals surface area contributed by atoms with Gasteiger partial charge in [0.15, 0.2) is 5.76 Å². The summed E-state index contributed by atoms with van der Waals surface area (Å²) in [6, 6.07) is 6.68. The number of carbonyl (C=O) groups excluding carboxylic acids is 1. The van der Waals surface area contributed by atoms with Gasteiger partial charge in [0.2, 0.25) is 5.91 Å². The van der Waals surface area contributed by atoms with Crippen molar-refractivity contribution < 1.29 is 9.21 Å². The maximum absolute atomic E-state index is 12.0. The largest absolute Gasteiger partial charge is 0.463 e. The first-order valence-electron chi connectivity index (χ1n) is 8.61. The molecule has 1 fully saturated rings. The van der Waals surface area contributed by atoms with E-state index in [9.17, 15) is 9.59 Å². The first-order valence-corrected chi connectivity index (χ1v) is 8.61. The second-order valence-corrected chi connectivity index (χ2v) is 6.32. The monoisotopic (exact) mass is 329 g/mol. The standard InChI is InChI=1S/C18H23N3O3/c22-17(13-14-5-2-1-3-6-14)19-10-11-21-18(23)9-8-15(20-21)16-7-4-12-24-16/h4,7-9,12,14H,1-3,5-6,10-11,13H2,(H,19,22). The SMILES string of the molecule is O=C(CC1CCCCC1)NCCn1nc(-c2ccco2)ccc1=O. The molecule has 1 N–H and O–H groups in total. The van der Waals surface area contributed by atoms with E-state index in [4.69, 9.17) is 4.42 Å². The molecular weight excluding hydrogens is 306 g/mol. The average molecular weight is 329 g/mol. The lowest BCUT2D eigenvalue weighted by Crippen LogP contribution is -2.33. The van der Waals surface area contributed by atoms with Gasteiger partial charge in [-0.2, -0.15) is 5.10 Å². The van der Waals surface area contributed by atoms with Crippen molar-refractivity contribution in [3.63, 3.8) is 0 Å². The summed E-state index contributed by atoms with van der Waals surface area (Å²) in [7, 11) is 0. The van der Waals surface area contributed by atoms with Crippen LogP contribution in [0.3, 0.4) is 0 Å². The Bertz CT molecular complexity index is 715. The van der Waals surface area contributed by atoms with Crippen LogP contribution in [-0.4, -0.2) is 22.2 Å². The number of nitrogens with zero attached hydrogens (tertiary/aromatic N) is 2. The molecule has 0 radical (unpaired) electrons. The Morgan fingerprint density at radius 3 is 2.83 bits per heavy atom. The number of nitrogens with one attached hydrogen (secondary N) is 1. The summed E-state index contributed by atoms with van der Waals surface area (Å²) in [5, 5.41) is 7.18. The Morgan fingerprint density at radius 2 is 2.08 bits per heavy atom. The zero-order valence-electron chi connectivity index (χ0n) is 13.7. The first kappa shape index (κ1) is 16.5. The molecule has 2 heterocycles. The summed E-state index contributed by atoms with van der Waals surface area (Å²) >= 11 is 0. The molecule has 0 aromatic carbocycles. The van der Waals surface area contributed by atoms with Gasteiger partial charge in [-0.3, -0.25) is 9.59 Å². The van der Waals surface area contributed by atoms with Crippen LogP contribution in [0.2, 0.25) is 0 Å². The zero-order chi connectivity index (χ0) is 16.8. The fraction of sp³-hybridized carbons (Fsp3) is 0.500. The summed E-state index contributed by atoms with van der Waals surface area (Å²) < 4.78 is 6.65. The van der Waals surface area contributed by atoms with Crippen LogP contribution in [0.5, 0.6) is 0 Å². The molecule has 0 bridgehead atoms. The summed E-state index contributed by atoms with van der Waals surface area (Å²) in [6.07, 6.45) is 8.22. The van der Waals surface area contributed by atoms with Gasteiger partial charge < -0.3 is 9.73 Å². The third-order valence-electron chi connectivity index (χ3n) is 4.48. The number of amides is 1. The van der Waals surface area contributed by atoms with E-state index in [1.54, 1.807) is 24.5 Å². The zero-order valence-corrected chi connectivity index (χ0v) is 13.7. The molecule has 1 saturated carbocycles. The van der Waals surface area contributed by atoms with Gasteiger partial charge in [0, 0.05) is 19.0 Å². The van der Waals surface area contributed by atoms with Gasteiger partial charge in [0.1, 0.15) is 5.69 Å². The number of aromatic nitrogens is 2. The smallest absolute Gasteiger partial charge is 0.266 e. The Balaban J connectivity index is 1.51. The Hall–Kier alpha value is -2.37. The van der Waals surface area contributed by atoms with Crippen molar-refractivity contribution in [2.45, 2.75) is 45.1 Å². The van der Waals surface area contributed by atoms with Gasteiger partial charge in [-0.05, 0) is 37.0 Å². The first-order chi connectivity index (χ1) is 11.7. The molecule has 2 aromatic rings. The Labute approximate surface area is 140 Å². The van der Waals surface area contributed by atoms with Crippen molar-refractivity contribution in [1.82, 2.24) is 15.1 Å². The lowest BCUT2D eigenvalue weighted by atomic mass is 9.87. The van der Waals surface area contributed by atoms with E-state index in [0.717, 1.165) is 12.8 Å². The Morgan fingerprint density at radius 1 is 1.25 bits per heavy atom. The molecular formula is C18H23N3O3. The molecule has 0 spiro atoms. The molecule has 24 heavy (non-hydrogen) atoms. The minimum atomic E-state index is -0.188. The topological polar surface area (TPSA) is 77.1 Å². The molecule has 2 aromatic heterocycles. The fourth-order valence-electron chi connectivity index (χ4n) is 3.19. The van der Waals surface area contributed by atoms with Crippen molar-refractivity contribution in [3.05, 3.63) is 40.9 Å². The summed E-state index contributed by atoms with van der Waals surface area (Å²) in [5.74, 6) is 1.20. The van der Waals surface area contributed by atoms with Gasteiger partial charge in [0.05, 0.1) is 12.8 Å². The summed E-state index contributed by atoms with van der Waals surface area (Å²) in [6.45, 7) is 0.754. The predicted molar refractivity (Wildman–Crippen MR) is 90.4 cm³/mol. The number of rotatable bonds is 6. The molecule has 0 unspecified atom stereocenters. The molecule has 128 valence electrons. The maximum atomic E-state index is 12.0. The van der Waals surface area contributed by atoms with Crippen molar-refractivity contribution in [1.29, 1.82) is 0 Å². The molecule has 3 rings (SSSR count). The molecule has 0 atom stereocenters. The number of hydrogen-bond acceptors (Lipinski definition) is 4. The maximum Gasteiger partial charge on any atom is 0.266 e. The van der Waals surface area contributed by atoms with Gasteiger partial charge in [-0.25, -0.2) is 4.68 Å². The molecule has 1 amide bonds. The molecule has 1 aliphatic carbocycles. The second-order valence-electron chi connectivity index (χ2n) is 6.32. The van der Waals surface area contributed by atoms with Crippen LogP contribution in [0.25, 0.3) is 11.5 Å². The van der Waals surface area contributed by atoms with Crippen molar-refractivity contribution >= 4 is 5.91 Å². The number of hydrogen-bond donors (Lipinski definition) is 1. The molecule has 6 heteroatoms. The van der Waals surface area contributed by atoms with E-state index < -0.39 is 0 Å². The van der Waals surface area contributed by atoms with Crippen LogP contribution in [0.4, 0.5) is 0 Å². The number of furan rings is 1. The summed E-state index contributed by atoms with van der Waals surface area (Å²) in [4.78, 5) is 23.9. The highest BCUT2D eigenvalue weighted by atomic mass is 16.3. The van der Waals surface area contributed by atoms with Crippen molar-refractivity contribution in [3.8, 4) is 11.5 Å². The molecule has 1 aliphatic rings. The van der Waals surface area contributed by atoms with Crippen LogP contribution >= 0.6 is 0 Å². The van der Waals surface area contributed by atoms with Crippen LogP contribution in [0.15, 0.2) is 39.7 Å². The van der Waals surface area contributed by atoms with E-state index in [2.05, 4.69) is 10.4 Å². The highest BCUT2D eigenvalue weighted by molar-refractivity contribution is 5.76. The second kappa shape index (κ2) is 7.95. The molecule has 0 saturated heterocycles. The van der Waals surface area contributed by atoms with Crippen LogP contribution in [0, 0.1) is 5.92 Å². The van der Waals surface area contributed by atoms with Crippen molar-refractivity contribution in [2.75, 3.05) is 6.54 Å². The molecule has 6 nitrogen and oxygen atoms in total. The Kier molecular flexibility index (Phi) is 5.46. The lowest BCUT2D eigenvalue weighted by molar-refractivity contribution is -0.122. The van der Waals surface area contributed by atoms with Gasteiger partial charge in [0.25, 0.3) is 5.56 Å². The number of carbonyl (C=O) groups is 1. The average Bonchev–Trinajstić information content (AvgIpc) is 3.12. The highest BCUT2D eigenvalue weighted by Crippen LogP contribution is 2.25. The van der Waals surface area contributed by atoms with Crippen LogP contribution in [-0.2, 0) is 11.3 Å². The predicted octanol–water partition coefficient (Wildman–Crippen LogP) is 2.59. The van der Waals surface area contributed by atoms with Gasteiger partial charge >= 0.3 is 0 Å². The third kappa shape index (κ3) is 4.34. The normalized spacial score (nSPS) is 15.3. The van der Waals surface area contributed by atoms with E-state index in [1.807, 2.05) is 0 Å². The van der Waals surface area contributed by atoms with Gasteiger partial charge in [-0.1, -0.05) is 19.3 Å². The highest BCUT2D eigenvalue weighted by Gasteiger charge is 2.16. The molecule has 0 aliphatic heterocycles. The van der Waals surface area contributed by atoms with E-state index in [1.165, 1.54) is 30.0 Å². The fourth-order valence-corrected chi connectivity index (χ4v) is 3.19. The van der Waals surface area contributed by atoms with E-state index in [-0.39, 0.29) is 11.5 Å². The van der Waals surface area contributed by atoms with E-state index >= 15 is 0 Å². The minimum absolute atomic E-state index is 0.0668.